The molecular formula is C26H45NO2. The molecule has 0 aliphatic heterocycles. The van der Waals surface area contributed by atoms with Crippen LogP contribution in [-0.2, 0) is 4.79 Å². The molecule has 1 N–H and O–H groups in total. The van der Waals surface area contributed by atoms with Gasteiger partial charge in [-0.05, 0) is 18.6 Å². The van der Waals surface area contributed by atoms with Gasteiger partial charge in [0.15, 0.2) is 6.61 Å². The number of ether oxygens (including phenoxy) is 1. The van der Waals surface area contributed by atoms with Gasteiger partial charge in [-0.1, -0.05) is 121 Å². The molecule has 3 nitrogen and oxygen atoms in total. The molecule has 0 saturated carbocycles. The first kappa shape index (κ1) is 25.5. The Morgan fingerprint density at radius 2 is 1.14 bits per heavy atom. The Labute approximate surface area is 180 Å². The molecule has 0 aliphatic rings. The summed E-state index contributed by atoms with van der Waals surface area (Å²) in [5, 5.41) is 2.94. The topological polar surface area (TPSA) is 38.3 Å². The molecule has 1 aromatic carbocycles. The van der Waals surface area contributed by atoms with Crippen LogP contribution in [0.1, 0.15) is 110 Å². The van der Waals surface area contributed by atoms with Crippen molar-refractivity contribution in [1.29, 1.82) is 0 Å². The summed E-state index contributed by atoms with van der Waals surface area (Å²) in [5.74, 6) is 0.708. The van der Waals surface area contributed by atoms with E-state index in [4.69, 9.17) is 4.74 Å². The van der Waals surface area contributed by atoms with Gasteiger partial charge in [0.2, 0.25) is 0 Å². The highest BCUT2D eigenvalue weighted by molar-refractivity contribution is 5.77. The van der Waals surface area contributed by atoms with Crippen LogP contribution in [0.2, 0.25) is 0 Å². The lowest BCUT2D eigenvalue weighted by Gasteiger charge is -2.07. The molecule has 0 aromatic heterocycles. The Hall–Kier alpha value is -1.51. The van der Waals surface area contributed by atoms with E-state index in [1.165, 1.54) is 96.3 Å². The van der Waals surface area contributed by atoms with Crippen LogP contribution in [0.3, 0.4) is 0 Å². The first-order valence-corrected chi connectivity index (χ1v) is 12.3. The number of amides is 1. The number of carbonyl (C=O) groups excluding carboxylic acids is 1. The highest BCUT2D eigenvalue weighted by Crippen LogP contribution is 2.13. The van der Waals surface area contributed by atoms with Crippen molar-refractivity contribution >= 4 is 5.91 Å². The number of carbonyl (C=O) groups is 1. The van der Waals surface area contributed by atoms with Gasteiger partial charge in [0.05, 0.1) is 0 Å². The minimum atomic E-state index is -0.0326. The average Bonchev–Trinajstić information content (AvgIpc) is 2.75. The van der Waals surface area contributed by atoms with E-state index >= 15 is 0 Å². The van der Waals surface area contributed by atoms with E-state index in [0.29, 0.717) is 0 Å². The molecule has 1 aromatic rings. The van der Waals surface area contributed by atoms with Crippen molar-refractivity contribution in [2.24, 2.45) is 0 Å². The number of hydrogen-bond acceptors (Lipinski definition) is 2. The summed E-state index contributed by atoms with van der Waals surface area (Å²) in [7, 11) is 0. The van der Waals surface area contributed by atoms with Gasteiger partial charge >= 0.3 is 0 Å². The number of nitrogens with one attached hydrogen (secondary N) is 1. The summed E-state index contributed by atoms with van der Waals surface area (Å²) in [6.07, 6.45) is 21.9. The van der Waals surface area contributed by atoms with E-state index in [1.807, 2.05) is 30.3 Å². The van der Waals surface area contributed by atoms with E-state index in [1.54, 1.807) is 0 Å². The van der Waals surface area contributed by atoms with Gasteiger partial charge in [0, 0.05) is 6.54 Å². The second-order valence-electron chi connectivity index (χ2n) is 8.25. The quantitative estimate of drug-likeness (QED) is 0.230. The molecule has 3 heteroatoms. The summed E-state index contributed by atoms with van der Waals surface area (Å²) >= 11 is 0. The fourth-order valence-corrected chi connectivity index (χ4v) is 3.62. The van der Waals surface area contributed by atoms with Crippen molar-refractivity contribution < 1.29 is 9.53 Å². The van der Waals surface area contributed by atoms with Crippen LogP contribution in [0.15, 0.2) is 30.3 Å². The number of para-hydroxylation sites is 1. The zero-order valence-corrected chi connectivity index (χ0v) is 18.9. The van der Waals surface area contributed by atoms with E-state index in [0.717, 1.165) is 18.7 Å². The van der Waals surface area contributed by atoms with Gasteiger partial charge in [0.1, 0.15) is 5.75 Å². The standard InChI is InChI=1S/C26H45NO2/c1-2-3-4-5-6-7-8-9-10-11-12-13-14-15-16-20-23-27-26(28)24-29-25-21-18-17-19-22-25/h17-19,21-22H,2-16,20,23-24H2,1H3,(H,27,28). The van der Waals surface area contributed by atoms with Gasteiger partial charge in [-0.3, -0.25) is 4.79 Å². The van der Waals surface area contributed by atoms with Gasteiger partial charge in [-0.2, -0.15) is 0 Å². The van der Waals surface area contributed by atoms with Crippen molar-refractivity contribution in [2.45, 2.75) is 110 Å². The molecule has 1 amide bonds. The molecule has 1 rings (SSSR count). The lowest BCUT2D eigenvalue weighted by atomic mass is 10.0. The number of unbranched alkanes of at least 4 members (excludes halogenated alkanes) is 15. The summed E-state index contributed by atoms with van der Waals surface area (Å²) in [5.41, 5.74) is 0. The largest absolute Gasteiger partial charge is 0.484 e. The number of benzene rings is 1. The zero-order chi connectivity index (χ0) is 20.8. The maximum Gasteiger partial charge on any atom is 0.257 e. The lowest BCUT2D eigenvalue weighted by molar-refractivity contribution is -0.123. The van der Waals surface area contributed by atoms with Gasteiger partial charge in [-0.25, -0.2) is 0 Å². The SMILES string of the molecule is CCCCCCCCCCCCCCCCCCNC(=O)COc1ccccc1. The Morgan fingerprint density at radius 3 is 1.62 bits per heavy atom. The normalized spacial score (nSPS) is 10.8. The molecule has 0 saturated heterocycles. The maximum absolute atomic E-state index is 11.7. The zero-order valence-electron chi connectivity index (χ0n) is 18.9. The third-order valence-electron chi connectivity index (χ3n) is 5.47. The molecule has 0 unspecified atom stereocenters. The van der Waals surface area contributed by atoms with Crippen molar-refractivity contribution in [2.75, 3.05) is 13.2 Å². The van der Waals surface area contributed by atoms with E-state index < -0.39 is 0 Å². The van der Waals surface area contributed by atoms with E-state index in [-0.39, 0.29) is 12.5 Å². The third kappa shape index (κ3) is 17.1. The molecule has 0 aliphatic carbocycles. The molecule has 0 radical (unpaired) electrons. The summed E-state index contributed by atoms with van der Waals surface area (Å²) in [6, 6.07) is 9.48. The summed E-state index contributed by atoms with van der Waals surface area (Å²) < 4.78 is 5.44. The lowest BCUT2D eigenvalue weighted by Crippen LogP contribution is -2.29. The Balaban J connectivity index is 1.74. The monoisotopic (exact) mass is 403 g/mol. The first-order chi connectivity index (χ1) is 14.3. The Kier molecular flexibility index (Phi) is 17.4. The summed E-state index contributed by atoms with van der Waals surface area (Å²) in [6.45, 7) is 3.14. The predicted molar refractivity (Wildman–Crippen MR) is 124 cm³/mol. The predicted octanol–water partition coefficient (Wildman–Crippen LogP) is 7.44. The van der Waals surface area contributed by atoms with Crippen molar-refractivity contribution in [3.05, 3.63) is 30.3 Å². The Bertz CT molecular complexity index is 475. The van der Waals surface area contributed by atoms with Crippen LogP contribution in [0.5, 0.6) is 5.75 Å². The van der Waals surface area contributed by atoms with Crippen LogP contribution in [0.25, 0.3) is 0 Å². The molecule has 0 fully saturated rings. The third-order valence-corrected chi connectivity index (χ3v) is 5.47. The second-order valence-corrected chi connectivity index (χ2v) is 8.25. The fraction of sp³-hybridized carbons (Fsp3) is 0.731. The second kappa shape index (κ2) is 19.8. The van der Waals surface area contributed by atoms with Crippen LogP contribution in [-0.4, -0.2) is 19.1 Å². The van der Waals surface area contributed by atoms with Crippen LogP contribution >= 0.6 is 0 Å². The highest BCUT2D eigenvalue weighted by Gasteiger charge is 2.01. The highest BCUT2D eigenvalue weighted by atomic mass is 16.5. The summed E-state index contributed by atoms with van der Waals surface area (Å²) in [4.78, 5) is 11.7. The molecule has 166 valence electrons. The van der Waals surface area contributed by atoms with E-state index in [9.17, 15) is 4.79 Å². The van der Waals surface area contributed by atoms with Crippen LogP contribution in [0, 0.1) is 0 Å². The smallest absolute Gasteiger partial charge is 0.257 e. The molecule has 0 atom stereocenters. The van der Waals surface area contributed by atoms with Gasteiger partial charge in [0.25, 0.3) is 5.91 Å². The fourth-order valence-electron chi connectivity index (χ4n) is 3.62. The molecule has 0 spiro atoms. The van der Waals surface area contributed by atoms with E-state index in [2.05, 4.69) is 12.2 Å². The minimum Gasteiger partial charge on any atom is -0.484 e. The minimum absolute atomic E-state index is 0.0326. The average molecular weight is 404 g/mol. The van der Waals surface area contributed by atoms with Crippen LogP contribution < -0.4 is 10.1 Å². The van der Waals surface area contributed by atoms with Crippen molar-refractivity contribution in [3.8, 4) is 5.75 Å². The Morgan fingerprint density at radius 1 is 0.690 bits per heavy atom. The number of rotatable bonds is 20. The van der Waals surface area contributed by atoms with Gasteiger partial charge in [-0.15, -0.1) is 0 Å². The van der Waals surface area contributed by atoms with Gasteiger partial charge < -0.3 is 10.1 Å². The maximum atomic E-state index is 11.7. The van der Waals surface area contributed by atoms with Crippen molar-refractivity contribution in [3.63, 3.8) is 0 Å². The first-order valence-electron chi connectivity index (χ1n) is 12.3. The van der Waals surface area contributed by atoms with Crippen molar-refractivity contribution in [1.82, 2.24) is 5.32 Å². The molecular weight excluding hydrogens is 358 g/mol. The number of hydrogen-bond donors (Lipinski definition) is 1. The van der Waals surface area contributed by atoms with Crippen LogP contribution in [0.4, 0.5) is 0 Å². The molecule has 29 heavy (non-hydrogen) atoms. The molecule has 0 heterocycles. The molecule has 0 bridgehead atoms.